The maximum atomic E-state index is 9.90. The second-order valence-electron chi connectivity index (χ2n) is 1.47. The van der Waals surface area contributed by atoms with Crippen molar-refractivity contribution in [1.82, 2.24) is 6.15 Å². The van der Waals surface area contributed by atoms with E-state index in [0.29, 0.717) is 6.08 Å². The Kier molecular flexibility index (Phi) is 5.16. The van der Waals surface area contributed by atoms with Crippen molar-refractivity contribution in [3.63, 3.8) is 0 Å². The van der Waals surface area contributed by atoms with E-state index in [9.17, 15) is 9.59 Å². The molecule has 0 saturated heterocycles. The maximum Gasteiger partial charge on any atom is 0.331 e. The first-order valence-electron chi connectivity index (χ1n) is 2.18. The van der Waals surface area contributed by atoms with Gasteiger partial charge in [-0.05, 0) is 6.92 Å². The van der Waals surface area contributed by atoms with Gasteiger partial charge in [0.25, 0.3) is 0 Å². The van der Waals surface area contributed by atoms with Crippen molar-refractivity contribution in [2.45, 2.75) is 6.92 Å². The van der Waals surface area contributed by atoms with Crippen molar-refractivity contribution in [1.29, 1.82) is 0 Å². The first-order valence-corrected chi connectivity index (χ1v) is 2.18. The number of aliphatic carboxylic acids is 2. The summed E-state index contributed by atoms with van der Waals surface area (Å²) in [6.07, 6.45) is 0.641. The predicted octanol–water partition coefficient (Wildman–Crippen LogP) is 0.264. The van der Waals surface area contributed by atoms with Gasteiger partial charge >= 0.3 is 11.9 Å². The minimum absolute atomic E-state index is 0. The average Bonchev–Trinajstić information content (AvgIpc) is 1.63. The van der Waals surface area contributed by atoms with Crippen LogP contribution in [0.2, 0.25) is 0 Å². The number of hydrogen-bond donors (Lipinski definition) is 3. The van der Waals surface area contributed by atoms with Crippen LogP contribution in [0.5, 0.6) is 0 Å². The second kappa shape index (κ2) is 4.51. The summed E-state index contributed by atoms with van der Waals surface area (Å²) in [6.45, 7) is 1.22. The Balaban J connectivity index is 0. The van der Waals surface area contributed by atoms with Crippen molar-refractivity contribution in [2.75, 3.05) is 0 Å². The lowest BCUT2D eigenvalue weighted by molar-refractivity contribution is -0.135. The van der Waals surface area contributed by atoms with Crippen LogP contribution in [-0.2, 0) is 9.59 Å². The molecule has 0 unspecified atom stereocenters. The molecular formula is C5H9NO4. The van der Waals surface area contributed by atoms with Crippen LogP contribution in [0.25, 0.3) is 0 Å². The minimum Gasteiger partial charge on any atom is -0.478 e. The summed E-state index contributed by atoms with van der Waals surface area (Å²) in [7, 11) is 0. The Labute approximate surface area is 57.6 Å². The second-order valence-corrected chi connectivity index (χ2v) is 1.47. The van der Waals surface area contributed by atoms with E-state index in [1.54, 1.807) is 0 Å². The van der Waals surface area contributed by atoms with Crippen LogP contribution in [0.15, 0.2) is 11.6 Å². The van der Waals surface area contributed by atoms with Crippen LogP contribution in [-0.4, -0.2) is 22.2 Å². The van der Waals surface area contributed by atoms with E-state index in [0.717, 1.165) is 0 Å². The van der Waals surface area contributed by atoms with E-state index in [2.05, 4.69) is 0 Å². The maximum absolute atomic E-state index is 9.90. The molecule has 0 aromatic carbocycles. The molecule has 0 bridgehead atoms. The summed E-state index contributed by atoms with van der Waals surface area (Å²) in [5, 5.41) is 16.1. The monoisotopic (exact) mass is 147 g/mol. The van der Waals surface area contributed by atoms with Crippen molar-refractivity contribution in [2.24, 2.45) is 0 Å². The van der Waals surface area contributed by atoms with Crippen molar-refractivity contribution in [3.8, 4) is 0 Å². The summed E-state index contributed by atoms with van der Waals surface area (Å²) in [5.74, 6) is -2.45. The van der Waals surface area contributed by atoms with Gasteiger partial charge in [-0.3, -0.25) is 0 Å². The molecule has 0 aromatic rings. The van der Waals surface area contributed by atoms with Gasteiger partial charge in [0.1, 0.15) is 0 Å². The highest BCUT2D eigenvalue weighted by atomic mass is 16.4. The van der Waals surface area contributed by atoms with E-state index in [4.69, 9.17) is 10.2 Å². The smallest absolute Gasteiger partial charge is 0.331 e. The van der Waals surface area contributed by atoms with E-state index in [1.807, 2.05) is 0 Å². The van der Waals surface area contributed by atoms with Crippen molar-refractivity contribution >= 4 is 11.9 Å². The molecule has 0 heterocycles. The Morgan fingerprint density at radius 2 is 1.70 bits per heavy atom. The van der Waals surface area contributed by atoms with Gasteiger partial charge in [-0.15, -0.1) is 0 Å². The molecule has 0 aliphatic heterocycles. The van der Waals surface area contributed by atoms with Crippen LogP contribution in [0.1, 0.15) is 6.92 Å². The fourth-order valence-corrected chi connectivity index (χ4v) is 0.247. The highest BCUT2D eigenvalue weighted by molar-refractivity contribution is 5.93. The van der Waals surface area contributed by atoms with Gasteiger partial charge in [0.15, 0.2) is 0 Å². The van der Waals surface area contributed by atoms with Crippen LogP contribution < -0.4 is 6.15 Å². The Morgan fingerprint density at radius 1 is 1.30 bits per heavy atom. The van der Waals surface area contributed by atoms with E-state index < -0.39 is 11.9 Å². The molecule has 0 amide bonds. The molecule has 0 aliphatic carbocycles. The lowest BCUT2D eigenvalue weighted by atomic mass is 10.3. The van der Waals surface area contributed by atoms with Crippen LogP contribution in [0.4, 0.5) is 0 Å². The number of carbonyl (C=O) groups is 2. The van der Waals surface area contributed by atoms with Crippen LogP contribution in [0, 0.1) is 0 Å². The third kappa shape index (κ3) is 4.79. The quantitative estimate of drug-likeness (QED) is 0.485. The first kappa shape index (κ1) is 11.4. The topological polar surface area (TPSA) is 110 Å². The molecule has 0 rings (SSSR count). The Bertz CT molecular complexity index is 172. The van der Waals surface area contributed by atoms with Crippen LogP contribution in [0.3, 0.4) is 0 Å². The highest BCUT2D eigenvalue weighted by Crippen LogP contribution is 1.89. The normalized spacial score (nSPS) is 9.90. The van der Waals surface area contributed by atoms with Crippen LogP contribution >= 0.6 is 0 Å². The minimum atomic E-state index is -1.24. The van der Waals surface area contributed by atoms with Crippen molar-refractivity contribution < 1.29 is 19.8 Å². The zero-order valence-corrected chi connectivity index (χ0v) is 5.50. The molecule has 0 saturated carbocycles. The molecule has 5 heteroatoms. The molecule has 0 spiro atoms. The molecule has 0 aromatic heterocycles. The Hall–Kier alpha value is -1.36. The molecule has 10 heavy (non-hydrogen) atoms. The third-order valence-electron chi connectivity index (χ3n) is 0.677. The summed E-state index contributed by atoms with van der Waals surface area (Å²) < 4.78 is 0. The fraction of sp³-hybridized carbons (Fsp3) is 0.200. The Morgan fingerprint density at radius 3 is 1.80 bits per heavy atom. The predicted molar refractivity (Wildman–Crippen MR) is 34.1 cm³/mol. The van der Waals surface area contributed by atoms with Crippen molar-refractivity contribution in [3.05, 3.63) is 11.6 Å². The lowest BCUT2D eigenvalue weighted by Gasteiger charge is -1.86. The van der Waals surface area contributed by atoms with Gasteiger partial charge in [-0.1, -0.05) is 0 Å². The van der Waals surface area contributed by atoms with E-state index in [1.165, 1.54) is 6.92 Å². The number of carboxylic acid groups (broad SMARTS) is 2. The van der Waals surface area contributed by atoms with Gasteiger partial charge in [0.05, 0.1) is 0 Å². The molecule has 5 N–H and O–H groups in total. The van der Waals surface area contributed by atoms with Gasteiger partial charge in [-0.2, -0.15) is 0 Å². The molecule has 58 valence electrons. The molecule has 0 radical (unpaired) electrons. The summed E-state index contributed by atoms with van der Waals surface area (Å²) in [6, 6.07) is 0. The first-order chi connectivity index (χ1) is 4.04. The zero-order chi connectivity index (χ0) is 7.44. The standard InChI is InChI=1S/C5H6O4.H3N/c1-3(5(8)9)2-4(6)7;/h2H,1H3,(H,6,7)(H,8,9);1H3. The zero-order valence-electron chi connectivity index (χ0n) is 5.50. The number of carboxylic acids is 2. The fourth-order valence-electron chi connectivity index (χ4n) is 0.247. The van der Waals surface area contributed by atoms with Gasteiger partial charge in [-0.25, -0.2) is 9.59 Å². The number of rotatable bonds is 2. The largest absolute Gasteiger partial charge is 0.478 e. The van der Waals surface area contributed by atoms with E-state index >= 15 is 0 Å². The molecule has 0 atom stereocenters. The molecular weight excluding hydrogens is 138 g/mol. The summed E-state index contributed by atoms with van der Waals surface area (Å²) >= 11 is 0. The number of hydrogen-bond acceptors (Lipinski definition) is 3. The molecule has 5 nitrogen and oxygen atoms in total. The molecule has 0 fully saturated rings. The van der Waals surface area contributed by atoms with Gasteiger partial charge < -0.3 is 16.4 Å². The van der Waals surface area contributed by atoms with E-state index in [-0.39, 0.29) is 11.7 Å². The SMILES string of the molecule is CC(=CC(=O)O)C(=O)O.N. The summed E-state index contributed by atoms with van der Waals surface area (Å²) in [5.41, 5.74) is -0.178. The third-order valence-corrected chi connectivity index (χ3v) is 0.677. The summed E-state index contributed by atoms with van der Waals surface area (Å²) in [4.78, 5) is 19.7. The highest BCUT2D eigenvalue weighted by Gasteiger charge is 2.00. The molecule has 0 aliphatic rings. The van der Waals surface area contributed by atoms with Gasteiger partial charge in [0, 0.05) is 11.6 Å². The van der Waals surface area contributed by atoms with Gasteiger partial charge in [0.2, 0.25) is 0 Å². The average molecular weight is 147 g/mol. The lowest BCUT2D eigenvalue weighted by Crippen LogP contribution is -1.99.